The Labute approximate surface area is 153 Å². The maximum atomic E-state index is 4.28. The van der Waals surface area contributed by atoms with Gasteiger partial charge in [-0.05, 0) is 49.3 Å². The van der Waals surface area contributed by atoms with Gasteiger partial charge in [0.25, 0.3) is 0 Å². The molecular formula is C21H23NS2. The average molecular weight is 354 g/mol. The van der Waals surface area contributed by atoms with Crippen LogP contribution in [0.15, 0.2) is 77.2 Å². The van der Waals surface area contributed by atoms with Gasteiger partial charge in [-0.1, -0.05) is 48.1 Å². The second kappa shape index (κ2) is 10.1. The van der Waals surface area contributed by atoms with E-state index in [-0.39, 0.29) is 0 Å². The van der Waals surface area contributed by atoms with Crippen LogP contribution in [0.1, 0.15) is 17.4 Å². The number of aryl methyl sites for hydroxylation is 2. The molecule has 0 saturated carbocycles. The van der Waals surface area contributed by atoms with Crippen molar-refractivity contribution in [3.8, 4) is 0 Å². The van der Waals surface area contributed by atoms with Crippen molar-refractivity contribution in [1.29, 1.82) is 0 Å². The van der Waals surface area contributed by atoms with Gasteiger partial charge in [-0.25, -0.2) is 0 Å². The standard InChI is InChI=1S/C10H9N.C6H8S.C5H6S/c1-8-4-2-5-9-6-3-7-11-10(8)9;1-6-2-4-7-5-3-6;1-5-3-2-4-6-5/h2-7H,1H3;2-4H,5H2,1H3;2-4H,1H3. The number of hydrogen-bond acceptors (Lipinski definition) is 3. The SMILES string of the molecule is CC1=CCSC=C1.Cc1cccc2cccnc12.Cc1cccs1. The van der Waals surface area contributed by atoms with E-state index in [1.54, 1.807) is 11.3 Å². The van der Waals surface area contributed by atoms with E-state index in [4.69, 9.17) is 0 Å². The highest BCUT2D eigenvalue weighted by atomic mass is 32.2. The monoisotopic (exact) mass is 353 g/mol. The molecule has 0 saturated heterocycles. The highest BCUT2D eigenvalue weighted by Gasteiger charge is 1.93. The number of nitrogens with zero attached hydrogens (tertiary/aromatic N) is 1. The number of pyridine rings is 1. The first-order valence-electron chi connectivity index (χ1n) is 7.92. The third-order valence-corrected chi connectivity index (χ3v) is 4.92. The van der Waals surface area contributed by atoms with Gasteiger partial charge in [-0.2, -0.15) is 0 Å². The summed E-state index contributed by atoms with van der Waals surface area (Å²) in [6, 6.07) is 14.4. The molecule has 4 rings (SSSR count). The normalized spacial score (nSPS) is 12.5. The molecule has 3 heterocycles. The van der Waals surface area contributed by atoms with Gasteiger partial charge in [0.2, 0.25) is 0 Å². The smallest absolute Gasteiger partial charge is 0.0731 e. The van der Waals surface area contributed by atoms with Crippen molar-refractivity contribution in [3.05, 3.63) is 87.6 Å². The summed E-state index contributed by atoms with van der Waals surface area (Å²) >= 11 is 3.62. The molecule has 0 radical (unpaired) electrons. The molecule has 0 fully saturated rings. The summed E-state index contributed by atoms with van der Waals surface area (Å²) in [7, 11) is 0. The molecule has 0 aliphatic carbocycles. The molecule has 0 atom stereocenters. The second-order valence-electron chi connectivity index (χ2n) is 5.46. The van der Waals surface area contributed by atoms with Crippen molar-refractivity contribution in [2.24, 2.45) is 0 Å². The molecular weight excluding hydrogens is 330 g/mol. The van der Waals surface area contributed by atoms with Crippen molar-refractivity contribution in [3.63, 3.8) is 0 Å². The highest BCUT2D eigenvalue weighted by molar-refractivity contribution is 8.02. The predicted molar refractivity (Wildman–Crippen MR) is 111 cm³/mol. The van der Waals surface area contributed by atoms with Crippen LogP contribution >= 0.6 is 23.1 Å². The third kappa shape index (κ3) is 6.34. The van der Waals surface area contributed by atoms with Crippen LogP contribution in [0.4, 0.5) is 0 Å². The van der Waals surface area contributed by atoms with E-state index >= 15 is 0 Å². The van der Waals surface area contributed by atoms with Crippen molar-refractivity contribution in [1.82, 2.24) is 4.98 Å². The van der Waals surface area contributed by atoms with Crippen molar-refractivity contribution < 1.29 is 0 Å². The Bertz CT molecular complexity index is 796. The molecule has 1 nitrogen and oxygen atoms in total. The summed E-state index contributed by atoms with van der Waals surface area (Å²) in [5.41, 5.74) is 3.73. The largest absolute Gasteiger partial charge is 0.256 e. The van der Waals surface area contributed by atoms with Crippen LogP contribution in [0.2, 0.25) is 0 Å². The van der Waals surface area contributed by atoms with Crippen LogP contribution in [0.3, 0.4) is 0 Å². The molecule has 1 aromatic carbocycles. The number of thioether (sulfide) groups is 1. The van der Waals surface area contributed by atoms with Crippen LogP contribution < -0.4 is 0 Å². The van der Waals surface area contributed by atoms with Crippen LogP contribution in [-0.2, 0) is 0 Å². The first-order chi connectivity index (χ1) is 11.7. The fourth-order valence-electron chi connectivity index (χ4n) is 2.08. The summed E-state index contributed by atoms with van der Waals surface area (Å²) < 4.78 is 0. The fraction of sp³-hybridized carbons (Fsp3) is 0.190. The minimum Gasteiger partial charge on any atom is -0.256 e. The minimum atomic E-state index is 1.11. The van der Waals surface area contributed by atoms with E-state index in [0.717, 1.165) is 11.3 Å². The van der Waals surface area contributed by atoms with Crippen LogP contribution in [-0.4, -0.2) is 10.7 Å². The van der Waals surface area contributed by atoms with E-state index < -0.39 is 0 Å². The third-order valence-electron chi connectivity index (χ3n) is 3.43. The zero-order valence-corrected chi connectivity index (χ0v) is 16.0. The van der Waals surface area contributed by atoms with Gasteiger partial charge >= 0.3 is 0 Å². The number of para-hydroxylation sites is 1. The van der Waals surface area contributed by atoms with Gasteiger partial charge in [-0.15, -0.1) is 23.1 Å². The first-order valence-corrected chi connectivity index (χ1v) is 9.85. The Kier molecular flexibility index (Phi) is 7.80. The van der Waals surface area contributed by atoms with Crippen LogP contribution in [0.25, 0.3) is 10.9 Å². The quantitative estimate of drug-likeness (QED) is 0.441. The lowest BCUT2D eigenvalue weighted by Gasteiger charge is -1.97. The van der Waals surface area contributed by atoms with Gasteiger partial charge in [0.05, 0.1) is 5.52 Å². The number of thiophene rings is 1. The Balaban J connectivity index is 0.000000139. The lowest BCUT2D eigenvalue weighted by molar-refractivity contribution is 1.37. The van der Waals surface area contributed by atoms with Crippen LogP contribution in [0, 0.1) is 13.8 Å². The molecule has 0 bridgehead atoms. The molecule has 1 aliphatic heterocycles. The van der Waals surface area contributed by atoms with Gasteiger partial charge < -0.3 is 0 Å². The zero-order chi connectivity index (χ0) is 17.2. The molecule has 1 aliphatic rings. The van der Waals surface area contributed by atoms with Gasteiger partial charge in [-0.3, -0.25) is 4.98 Å². The minimum absolute atomic E-state index is 1.11. The Morgan fingerprint density at radius 2 is 1.79 bits per heavy atom. The van der Waals surface area contributed by atoms with Gasteiger partial charge in [0.15, 0.2) is 0 Å². The van der Waals surface area contributed by atoms with E-state index in [9.17, 15) is 0 Å². The molecule has 124 valence electrons. The number of aromatic nitrogens is 1. The Hall–Kier alpha value is -1.84. The lowest BCUT2D eigenvalue weighted by atomic mass is 10.1. The fourth-order valence-corrected chi connectivity index (χ4v) is 3.39. The van der Waals surface area contributed by atoms with E-state index in [1.165, 1.54) is 21.4 Å². The first kappa shape index (κ1) is 18.5. The zero-order valence-electron chi connectivity index (χ0n) is 14.4. The number of allylic oxidation sites excluding steroid dienone is 2. The molecule has 24 heavy (non-hydrogen) atoms. The summed E-state index contributed by atoms with van der Waals surface area (Å²) in [6.07, 6.45) is 6.19. The van der Waals surface area contributed by atoms with Crippen LogP contribution in [0.5, 0.6) is 0 Å². The molecule has 0 amide bonds. The molecule has 3 heteroatoms. The highest BCUT2D eigenvalue weighted by Crippen LogP contribution is 2.14. The maximum absolute atomic E-state index is 4.28. The molecule has 0 spiro atoms. The molecule has 3 aromatic rings. The number of rotatable bonds is 0. The lowest BCUT2D eigenvalue weighted by Crippen LogP contribution is -1.80. The summed E-state index contributed by atoms with van der Waals surface area (Å²) in [6.45, 7) is 6.30. The van der Waals surface area contributed by atoms with Crippen molar-refractivity contribution >= 4 is 34.0 Å². The number of hydrogen-bond donors (Lipinski definition) is 0. The van der Waals surface area contributed by atoms with Crippen molar-refractivity contribution in [2.45, 2.75) is 20.8 Å². The summed E-state index contributed by atoms with van der Waals surface area (Å²) in [5, 5.41) is 5.43. The second-order valence-corrected chi connectivity index (χ2v) is 7.55. The van der Waals surface area contributed by atoms with Gasteiger partial charge in [0, 0.05) is 22.2 Å². The Morgan fingerprint density at radius 3 is 2.29 bits per heavy atom. The van der Waals surface area contributed by atoms with E-state index in [1.807, 2.05) is 24.0 Å². The average Bonchev–Trinajstić information content (AvgIpc) is 3.08. The predicted octanol–water partition coefficient (Wildman–Crippen LogP) is 6.79. The molecule has 0 unspecified atom stereocenters. The Morgan fingerprint density at radius 1 is 0.958 bits per heavy atom. The molecule has 2 aromatic heterocycles. The number of benzene rings is 1. The number of fused-ring (bicyclic) bond motifs is 1. The summed E-state index contributed by atoms with van der Waals surface area (Å²) in [5.74, 6) is 1.16. The topological polar surface area (TPSA) is 12.9 Å². The van der Waals surface area contributed by atoms with Crippen molar-refractivity contribution in [2.75, 3.05) is 5.75 Å². The molecule has 0 N–H and O–H groups in total. The summed E-state index contributed by atoms with van der Waals surface area (Å²) in [4.78, 5) is 5.66. The van der Waals surface area contributed by atoms with E-state index in [2.05, 4.69) is 85.1 Å². The van der Waals surface area contributed by atoms with Gasteiger partial charge in [0.1, 0.15) is 0 Å². The van der Waals surface area contributed by atoms with E-state index in [0.29, 0.717) is 0 Å². The maximum Gasteiger partial charge on any atom is 0.0731 e.